The molecule has 2 heterocycles. The molecule has 0 amide bonds. The summed E-state index contributed by atoms with van der Waals surface area (Å²) in [5.41, 5.74) is 1.12. The van der Waals surface area contributed by atoms with Gasteiger partial charge in [0.05, 0.1) is 12.2 Å². The van der Waals surface area contributed by atoms with E-state index in [0.717, 1.165) is 30.9 Å². The highest BCUT2D eigenvalue weighted by atomic mass is 16.4. The Bertz CT molecular complexity index is 895. The molecule has 0 atom stereocenters. The molecule has 0 saturated carbocycles. The summed E-state index contributed by atoms with van der Waals surface area (Å²) in [7, 11) is 3.92. The number of nitrogens with one attached hydrogen (secondary N) is 1. The number of imidazole rings is 1. The van der Waals surface area contributed by atoms with Crippen LogP contribution in [-0.4, -0.2) is 49.7 Å². The molecule has 0 spiro atoms. The summed E-state index contributed by atoms with van der Waals surface area (Å²) in [4.78, 5) is 32.8. The van der Waals surface area contributed by atoms with E-state index in [1.165, 1.54) is 0 Å². The van der Waals surface area contributed by atoms with Crippen molar-refractivity contribution in [1.82, 2.24) is 19.4 Å². The predicted molar refractivity (Wildman–Crippen MR) is 92.0 cm³/mol. The van der Waals surface area contributed by atoms with E-state index < -0.39 is 22.8 Å². The van der Waals surface area contributed by atoms with Gasteiger partial charge in [-0.15, -0.1) is 0 Å². The molecule has 0 saturated heterocycles. The average Bonchev–Trinajstić information content (AvgIpc) is 2.75. The average molecular weight is 346 g/mol. The molecule has 0 bridgehead atoms. The standard InChI is InChI=1S/C17H22N4O4/c1-4-21-10-7-5-6-9-13(14(10)18-11(21)8-20(2)3)19-16(23)12(15(9)22)17(24)25/h4-8H2,1-3H3,(H,24,25)(H2,19,22,23). The van der Waals surface area contributed by atoms with Crippen molar-refractivity contribution < 1.29 is 15.0 Å². The molecule has 1 aliphatic carbocycles. The molecule has 0 radical (unpaired) electrons. The Kier molecular flexibility index (Phi) is 4.38. The number of rotatable bonds is 4. The van der Waals surface area contributed by atoms with Crippen LogP contribution in [0, 0.1) is 0 Å². The minimum atomic E-state index is -1.43. The number of fused-ring (bicyclic) bond motifs is 3. The van der Waals surface area contributed by atoms with Gasteiger partial charge in [-0.1, -0.05) is 0 Å². The SMILES string of the molecule is CCn1c(CN(C)C)nc2c1CCCc1c-2[nH]c(=O)c(C(=O)O)c1O. The maximum Gasteiger partial charge on any atom is 0.345 e. The lowest BCUT2D eigenvalue weighted by molar-refractivity contribution is 0.0691. The predicted octanol–water partition coefficient (Wildman–Crippen LogP) is 1.21. The van der Waals surface area contributed by atoms with Crippen molar-refractivity contribution in [2.45, 2.75) is 39.3 Å². The minimum absolute atomic E-state index is 0.437. The van der Waals surface area contributed by atoms with Crippen LogP contribution < -0.4 is 5.56 Å². The number of carboxylic acids is 1. The molecule has 2 aromatic heterocycles. The molecule has 2 aromatic rings. The zero-order chi connectivity index (χ0) is 18.3. The zero-order valence-corrected chi connectivity index (χ0v) is 14.6. The lowest BCUT2D eigenvalue weighted by atomic mass is 10.0. The van der Waals surface area contributed by atoms with Crippen molar-refractivity contribution in [2.24, 2.45) is 0 Å². The largest absolute Gasteiger partial charge is 0.506 e. The van der Waals surface area contributed by atoms with Crippen LogP contribution in [0.25, 0.3) is 11.4 Å². The van der Waals surface area contributed by atoms with Crippen molar-refractivity contribution in [3.63, 3.8) is 0 Å². The quantitative estimate of drug-likeness (QED) is 0.767. The zero-order valence-electron chi connectivity index (χ0n) is 14.6. The van der Waals surface area contributed by atoms with Crippen molar-refractivity contribution in [3.8, 4) is 17.1 Å². The summed E-state index contributed by atoms with van der Waals surface area (Å²) in [6, 6.07) is 0. The molecular formula is C17H22N4O4. The summed E-state index contributed by atoms with van der Waals surface area (Å²) >= 11 is 0. The summed E-state index contributed by atoms with van der Waals surface area (Å²) in [6.45, 7) is 3.45. The molecule has 8 nitrogen and oxygen atoms in total. The first-order valence-electron chi connectivity index (χ1n) is 8.29. The molecule has 0 aliphatic heterocycles. The number of aromatic amines is 1. The summed E-state index contributed by atoms with van der Waals surface area (Å²) in [5.74, 6) is -0.995. The number of carbonyl (C=O) groups is 1. The molecule has 0 unspecified atom stereocenters. The Morgan fingerprint density at radius 1 is 1.36 bits per heavy atom. The van der Waals surface area contributed by atoms with Crippen molar-refractivity contribution in [1.29, 1.82) is 0 Å². The van der Waals surface area contributed by atoms with E-state index in [4.69, 9.17) is 4.98 Å². The van der Waals surface area contributed by atoms with Gasteiger partial charge in [-0.25, -0.2) is 9.78 Å². The van der Waals surface area contributed by atoms with Crippen LogP contribution in [0.2, 0.25) is 0 Å². The van der Waals surface area contributed by atoms with Crippen LogP contribution in [0.3, 0.4) is 0 Å². The number of aromatic carboxylic acids is 1. The van der Waals surface area contributed by atoms with E-state index in [9.17, 15) is 19.8 Å². The molecule has 3 rings (SSSR count). The van der Waals surface area contributed by atoms with Gasteiger partial charge < -0.3 is 24.7 Å². The van der Waals surface area contributed by atoms with E-state index in [1.54, 1.807) is 0 Å². The van der Waals surface area contributed by atoms with Gasteiger partial charge in [-0.05, 0) is 40.3 Å². The minimum Gasteiger partial charge on any atom is -0.506 e. The fourth-order valence-electron chi connectivity index (χ4n) is 3.47. The maximum absolute atomic E-state index is 12.2. The lowest BCUT2D eigenvalue weighted by Gasteiger charge is -2.12. The highest BCUT2D eigenvalue weighted by Gasteiger charge is 2.28. The summed E-state index contributed by atoms with van der Waals surface area (Å²) in [6.07, 6.45) is 1.98. The Balaban J connectivity index is 2.28. The van der Waals surface area contributed by atoms with E-state index in [-0.39, 0.29) is 0 Å². The van der Waals surface area contributed by atoms with Gasteiger partial charge in [-0.3, -0.25) is 4.79 Å². The van der Waals surface area contributed by atoms with Crippen molar-refractivity contribution in [2.75, 3.05) is 14.1 Å². The van der Waals surface area contributed by atoms with Crippen LogP contribution in [-0.2, 0) is 25.9 Å². The van der Waals surface area contributed by atoms with Crippen molar-refractivity contribution >= 4 is 5.97 Å². The van der Waals surface area contributed by atoms with Gasteiger partial charge in [0.2, 0.25) is 0 Å². The maximum atomic E-state index is 12.2. The molecule has 3 N–H and O–H groups in total. The number of pyridine rings is 1. The highest BCUT2D eigenvalue weighted by molar-refractivity contribution is 5.91. The molecule has 25 heavy (non-hydrogen) atoms. The van der Waals surface area contributed by atoms with E-state index in [2.05, 4.69) is 9.55 Å². The number of aromatic hydroxyl groups is 1. The topological polar surface area (TPSA) is 111 Å². The number of hydrogen-bond acceptors (Lipinski definition) is 5. The second-order valence-corrected chi connectivity index (χ2v) is 6.50. The van der Waals surface area contributed by atoms with Crippen LogP contribution in [0.15, 0.2) is 4.79 Å². The third-order valence-electron chi connectivity index (χ3n) is 4.51. The Labute approximate surface area is 144 Å². The Morgan fingerprint density at radius 3 is 2.68 bits per heavy atom. The number of nitrogens with zero attached hydrogens (tertiary/aromatic N) is 3. The second kappa shape index (κ2) is 6.36. The van der Waals surface area contributed by atoms with Crippen LogP contribution in [0.4, 0.5) is 0 Å². The van der Waals surface area contributed by atoms with E-state index >= 15 is 0 Å². The first-order chi connectivity index (χ1) is 11.8. The number of aromatic nitrogens is 3. The smallest absolute Gasteiger partial charge is 0.345 e. The molecule has 134 valence electrons. The monoisotopic (exact) mass is 346 g/mol. The van der Waals surface area contributed by atoms with Gasteiger partial charge >= 0.3 is 5.97 Å². The first-order valence-corrected chi connectivity index (χ1v) is 8.29. The number of H-pyrrole nitrogens is 1. The summed E-state index contributed by atoms with van der Waals surface area (Å²) < 4.78 is 2.13. The lowest BCUT2D eigenvalue weighted by Crippen LogP contribution is -2.20. The Morgan fingerprint density at radius 2 is 2.08 bits per heavy atom. The van der Waals surface area contributed by atoms with Crippen LogP contribution in [0.5, 0.6) is 5.75 Å². The Hall–Kier alpha value is -2.61. The fourth-order valence-corrected chi connectivity index (χ4v) is 3.47. The van der Waals surface area contributed by atoms with Gasteiger partial charge in [-0.2, -0.15) is 0 Å². The third-order valence-corrected chi connectivity index (χ3v) is 4.51. The van der Waals surface area contributed by atoms with Gasteiger partial charge in [0.1, 0.15) is 17.3 Å². The van der Waals surface area contributed by atoms with Crippen LogP contribution in [0.1, 0.15) is 40.8 Å². The number of carboxylic acid groups (broad SMARTS) is 1. The van der Waals surface area contributed by atoms with E-state index in [0.29, 0.717) is 29.9 Å². The van der Waals surface area contributed by atoms with Gasteiger partial charge in [0.15, 0.2) is 5.56 Å². The third kappa shape index (κ3) is 2.82. The summed E-state index contributed by atoms with van der Waals surface area (Å²) in [5, 5.41) is 19.6. The van der Waals surface area contributed by atoms with Crippen LogP contribution >= 0.6 is 0 Å². The normalized spacial score (nSPS) is 13.4. The number of hydrogen-bond donors (Lipinski definition) is 3. The molecule has 0 aromatic carbocycles. The van der Waals surface area contributed by atoms with Crippen molar-refractivity contribution in [3.05, 3.63) is 33.0 Å². The second-order valence-electron chi connectivity index (χ2n) is 6.50. The van der Waals surface area contributed by atoms with E-state index in [1.807, 2.05) is 25.9 Å². The van der Waals surface area contributed by atoms with Gasteiger partial charge in [0, 0.05) is 17.8 Å². The molecule has 8 heteroatoms. The molecule has 0 fully saturated rings. The van der Waals surface area contributed by atoms with Gasteiger partial charge in [0.25, 0.3) is 5.56 Å². The molecular weight excluding hydrogens is 324 g/mol. The molecule has 1 aliphatic rings. The highest BCUT2D eigenvalue weighted by Crippen LogP contribution is 2.36. The fraction of sp³-hybridized carbons (Fsp3) is 0.471. The first kappa shape index (κ1) is 17.2.